The van der Waals surface area contributed by atoms with Crippen LogP contribution in [0.25, 0.3) is 11.0 Å². The fourth-order valence-electron chi connectivity index (χ4n) is 5.52. The van der Waals surface area contributed by atoms with Gasteiger partial charge < -0.3 is 15.1 Å². The van der Waals surface area contributed by atoms with Gasteiger partial charge in [-0.25, -0.2) is 4.98 Å². The highest BCUT2D eigenvalue weighted by atomic mass is 16.2. The van der Waals surface area contributed by atoms with Crippen LogP contribution in [0.2, 0.25) is 0 Å². The van der Waals surface area contributed by atoms with E-state index in [2.05, 4.69) is 37.7 Å². The summed E-state index contributed by atoms with van der Waals surface area (Å²) in [6.45, 7) is 3.29. The van der Waals surface area contributed by atoms with Gasteiger partial charge in [0.2, 0.25) is 5.95 Å². The third-order valence-electron chi connectivity index (χ3n) is 7.55. The smallest absolute Gasteiger partial charge is 0.264 e. The number of hydrogen-bond acceptors (Lipinski definition) is 7. The maximum absolute atomic E-state index is 13.0. The maximum Gasteiger partial charge on any atom is 0.264 e. The van der Waals surface area contributed by atoms with Crippen LogP contribution < -0.4 is 16.2 Å². The van der Waals surface area contributed by atoms with Gasteiger partial charge in [0, 0.05) is 49.0 Å². The zero-order valence-electron chi connectivity index (χ0n) is 19.9. The third kappa shape index (κ3) is 3.78. The monoisotopic (exact) mass is 474 g/mol. The number of carbonyl (C=O) groups is 2. The fourth-order valence-corrected chi connectivity index (χ4v) is 5.52. The Labute approximate surface area is 203 Å². The minimum atomic E-state index is -0.614. The summed E-state index contributed by atoms with van der Waals surface area (Å²) in [5.74, 6) is 1.34. The summed E-state index contributed by atoms with van der Waals surface area (Å²) < 4.78 is 2.06. The Balaban J connectivity index is 1.25. The molecule has 4 heterocycles. The second-order valence-electron chi connectivity index (χ2n) is 9.81. The molecule has 0 bridgehead atoms. The molecule has 1 spiro atoms. The number of piperazine rings is 1. The van der Waals surface area contributed by atoms with Crippen molar-refractivity contribution in [3.8, 4) is 0 Å². The molecule has 2 aliphatic heterocycles. The standard InChI is InChI=1S/C25H30N8O2/c1-31-11-13-32(14-12-31)22(34)17-5-7-19(8-6-17)27-24-26-16-18-15-20-29-30-23(35)25(9-3-2-4-10-25)33(20)21(18)28-24/h5-8,15-16,29H,2-4,9-14H2,1H3,(H,30,35)(H,26,27,28). The van der Waals surface area contributed by atoms with Crippen molar-refractivity contribution in [3.63, 3.8) is 0 Å². The molecule has 0 radical (unpaired) electrons. The predicted octanol–water partition coefficient (Wildman–Crippen LogP) is 2.68. The van der Waals surface area contributed by atoms with Crippen LogP contribution in [-0.4, -0.2) is 69.4 Å². The lowest BCUT2D eigenvalue weighted by atomic mass is 9.80. The van der Waals surface area contributed by atoms with Gasteiger partial charge in [0.15, 0.2) is 0 Å². The molecule has 35 heavy (non-hydrogen) atoms. The molecule has 0 atom stereocenters. The minimum absolute atomic E-state index is 0.00377. The zero-order chi connectivity index (χ0) is 24.0. The second-order valence-corrected chi connectivity index (χ2v) is 9.81. The van der Waals surface area contributed by atoms with Crippen LogP contribution in [0.1, 0.15) is 42.5 Å². The second kappa shape index (κ2) is 8.53. The van der Waals surface area contributed by atoms with E-state index in [4.69, 9.17) is 4.98 Å². The topological polar surface area (TPSA) is 107 Å². The van der Waals surface area contributed by atoms with Crippen molar-refractivity contribution in [2.45, 2.75) is 37.6 Å². The van der Waals surface area contributed by atoms with Crippen LogP contribution in [0.15, 0.2) is 36.5 Å². The summed E-state index contributed by atoms with van der Waals surface area (Å²) in [5, 5.41) is 4.14. The molecule has 1 saturated heterocycles. The number of hydrogen-bond donors (Lipinski definition) is 3. The van der Waals surface area contributed by atoms with E-state index in [1.165, 1.54) is 0 Å². The lowest BCUT2D eigenvalue weighted by Gasteiger charge is -2.41. The first-order valence-corrected chi connectivity index (χ1v) is 12.3. The number of rotatable bonds is 3. The number of nitrogens with one attached hydrogen (secondary N) is 3. The molecule has 1 saturated carbocycles. The SMILES string of the molecule is CN1CCN(C(=O)c2ccc(Nc3ncc4cc5n(c4n3)C3(CCCCC3)C(=O)NN5)cc2)CC1. The van der Waals surface area contributed by atoms with E-state index < -0.39 is 5.54 Å². The Morgan fingerprint density at radius 1 is 1.03 bits per heavy atom. The average Bonchev–Trinajstić information content (AvgIpc) is 3.26. The number of anilines is 3. The van der Waals surface area contributed by atoms with Crippen LogP contribution in [-0.2, 0) is 10.3 Å². The van der Waals surface area contributed by atoms with E-state index in [9.17, 15) is 9.59 Å². The van der Waals surface area contributed by atoms with Gasteiger partial charge in [-0.2, -0.15) is 4.98 Å². The summed E-state index contributed by atoms with van der Waals surface area (Å²) in [6.07, 6.45) is 6.56. The van der Waals surface area contributed by atoms with Crippen molar-refractivity contribution >= 4 is 40.3 Å². The van der Waals surface area contributed by atoms with E-state index in [1.807, 2.05) is 35.2 Å². The molecule has 2 amide bonds. The summed E-state index contributed by atoms with van der Waals surface area (Å²) in [7, 11) is 2.08. The van der Waals surface area contributed by atoms with Crippen molar-refractivity contribution < 1.29 is 9.59 Å². The first-order valence-electron chi connectivity index (χ1n) is 12.3. The quantitative estimate of drug-likeness (QED) is 0.536. The van der Waals surface area contributed by atoms with E-state index in [1.54, 1.807) is 6.20 Å². The number of fused-ring (bicyclic) bond motifs is 4. The van der Waals surface area contributed by atoms with Crippen molar-refractivity contribution in [1.29, 1.82) is 0 Å². The summed E-state index contributed by atoms with van der Waals surface area (Å²) in [6, 6.07) is 9.41. The molecule has 3 aliphatic rings. The lowest BCUT2D eigenvalue weighted by Crippen LogP contribution is -2.55. The van der Waals surface area contributed by atoms with Crippen LogP contribution in [0.5, 0.6) is 0 Å². The summed E-state index contributed by atoms with van der Waals surface area (Å²) >= 11 is 0. The molecule has 10 heteroatoms. The van der Waals surface area contributed by atoms with Crippen LogP contribution in [0.4, 0.5) is 17.5 Å². The van der Waals surface area contributed by atoms with E-state index in [0.29, 0.717) is 11.5 Å². The molecule has 1 aromatic carbocycles. The first-order chi connectivity index (χ1) is 17.0. The highest BCUT2D eigenvalue weighted by Crippen LogP contribution is 2.42. The van der Waals surface area contributed by atoms with E-state index >= 15 is 0 Å². The van der Waals surface area contributed by atoms with Gasteiger partial charge in [0.1, 0.15) is 17.0 Å². The number of likely N-dealkylation sites (N-methyl/N-ethyl adjacent to an activating group) is 1. The normalized spacial score (nSPS) is 19.8. The van der Waals surface area contributed by atoms with E-state index in [0.717, 1.165) is 80.8 Å². The predicted molar refractivity (Wildman–Crippen MR) is 133 cm³/mol. The summed E-state index contributed by atoms with van der Waals surface area (Å²) in [5.41, 5.74) is 7.47. The van der Waals surface area contributed by atoms with Crippen LogP contribution in [0, 0.1) is 0 Å². The highest BCUT2D eigenvalue weighted by molar-refractivity contribution is 5.95. The molecular weight excluding hydrogens is 444 g/mol. The number of aromatic nitrogens is 3. The number of hydrazine groups is 1. The minimum Gasteiger partial charge on any atom is -0.336 e. The molecule has 10 nitrogen and oxygen atoms in total. The molecule has 2 fully saturated rings. The largest absolute Gasteiger partial charge is 0.336 e. The fraction of sp³-hybridized carbons (Fsp3) is 0.440. The van der Waals surface area contributed by atoms with Crippen LogP contribution in [0.3, 0.4) is 0 Å². The van der Waals surface area contributed by atoms with Gasteiger partial charge in [-0.05, 0) is 50.2 Å². The van der Waals surface area contributed by atoms with Gasteiger partial charge in [-0.3, -0.25) is 25.0 Å². The molecule has 182 valence electrons. The molecule has 2 aromatic heterocycles. The zero-order valence-corrected chi connectivity index (χ0v) is 19.9. The van der Waals surface area contributed by atoms with E-state index in [-0.39, 0.29) is 11.8 Å². The average molecular weight is 475 g/mol. The molecule has 1 aliphatic carbocycles. The first kappa shape index (κ1) is 21.8. The number of nitrogens with zero attached hydrogens (tertiary/aromatic N) is 5. The molecule has 3 N–H and O–H groups in total. The highest BCUT2D eigenvalue weighted by Gasteiger charge is 2.46. The van der Waals surface area contributed by atoms with Gasteiger partial charge in [0.25, 0.3) is 11.8 Å². The van der Waals surface area contributed by atoms with Gasteiger partial charge >= 0.3 is 0 Å². The van der Waals surface area contributed by atoms with Crippen molar-refractivity contribution in [2.24, 2.45) is 0 Å². The Hall–Kier alpha value is -3.66. The molecular formula is C25H30N8O2. The summed E-state index contributed by atoms with van der Waals surface area (Å²) in [4.78, 5) is 39.2. The third-order valence-corrected chi connectivity index (χ3v) is 7.55. The molecule has 3 aromatic rings. The Morgan fingerprint density at radius 2 is 1.77 bits per heavy atom. The Kier molecular flexibility index (Phi) is 5.32. The van der Waals surface area contributed by atoms with Gasteiger partial charge in [-0.1, -0.05) is 19.3 Å². The van der Waals surface area contributed by atoms with Crippen LogP contribution >= 0.6 is 0 Å². The van der Waals surface area contributed by atoms with Gasteiger partial charge in [0.05, 0.1) is 0 Å². The number of carbonyl (C=O) groups excluding carboxylic acids is 2. The molecule has 0 unspecified atom stereocenters. The van der Waals surface area contributed by atoms with Crippen molar-refractivity contribution in [3.05, 3.63) is 42.1 Å². The molecule has 6 rings (SSSR count). The Morgan fingerprint density at radius 3 is 2.51 bits per heavy atom. The Bertz CT molecular complexity index is 1270. The van der Waals surface area contributed by atoms with Gasteiger partial charge in [-0.15, -0.1) is 0 Å². The lowest BCUT2D eigenvalue weighted by molar-refractivity contribution is -0.131. The van der Waals surface area contributed by atoms with Crippen molar-refractivity contribution in [2.75, 3.05) is 44.0 Å². The maximum atomic E-state index is 13.0. The number of benzene rings is 1. The van der Waals surface area contributed by atoms with Crippen molar-refractivity contribution in [1.82, 2.24) is 29.8 Å². The number of amides is 2.